The number of carboxylic acid groups (broad SMARTS) is 1. The number of hydrogen-bond acceptors (Lipinski definition) is 4. The fraction of sp³-hybridized carbons (Fsp3) is 0.308. The second kappa shape index (κ2) is 5.28. The van der Waals surface area contributed by atoms with Crippen LogP contribution < -0.4 is 9.46 Å². The number of carbonyl (C=O) groups is 1. The van der Waals surface area contributed by atoms with Gasteiger partial charge in [-0.3, -0.25) is 4.72 Å². The summed E-state index contributed by atoms with van der Waals surface area (Å²) in [6.07, 6.45) is 1.04. The van der Waals surface area contributed by atoms with E-state index in [2.05, 4.69) is 4.72 Å². The quantitative estimate of drug-likeness (QED) is 0.876. The van der Waals surface area contributed by atoms with Gasteiger partial charge in [0.2, 0.25) is 10.0 Å². The van der Waals surface area contributed by atoms with Crippen LogP contribution in [0.15, 0.2) is 18.2 Å². The zero-order chi connectivity index (χ0) is 15.8. The molecule has 0 amide bonds. The molecule has 0 saturated heterocycles. The first kappa shape index (κ1) is 15.2. The molecule has 2 N–H and O–H groups in total. The van der Waals surface area contributed by atoms with Crippen LogP contribution in [0, 0.1) is 0 Å². The number of nitrogens with zero attached hydrogens (tertiary/aromatic N) is 1. The molecular weight excluding hydrogens is 296 g/mol. The molecule has 0 spiro atoms. The third-order valence-corrected chi connectivity index (χ3v) is 3.64. The van der Waals surface area contributed by atoms with Crippen molar-refractivity contribution in [2.45, 2.75) is 13.5 Å². The second-order valence-electron chi connectivity index (χ2n) is 4.56. The van der Waals surface area contributed by atoms with Crippen LogP contribution >= 0.6 is 0 Å². The minimum Gasteiger partial charge on any atom is -0.495 e. The molecule has 1 aromatic heterocycles. The first-order chi connectivity index (χ1) is 9.76. The monoisotopic (exact) mass is 312 g/mol. The van der Waals surface area contributed by atoms with Crippen LogP contribution in [0.4, 0.5) is 5.69 Å². The van der Waals surface area contributed by atoms with E-state index in [1.807, 2.05) is 6.92 Å². The standard InChI is InChI=1S/C13H16N2O5S/c1-4-15-10-7-9(14-21(3,18)19)12(20-2)6-8(10)5-11(15)13(16)17/h5-7,14H,4H2,1-3H3,(H,16,17). The first-order valence-corrected chi connectivity index (χ1v) is 8.08. The van der Waals surface area contributed by atoms with E-state index in [0.717, 1.165) is 6.26 Å². The highest BCUT2D eigenvalue weighted by atomic mass is 32.2. The van der Waals surface area contributed by atoms with Crippen molar-refractivity contribution in [3.63, 3.8) is 0 Å². The van der Waals surface area contributed by atoms with E-state index in [-0.39, 0.29) is 11.4 Å². The molecule has 1 aromatic carbocycles. The highest BCUT2D eigenvalue weighted by Crippen LogP contribution is 2.32. The number of fused-ring (bicyclic) bond motifs is 1. The lowest BCUT2D eigenvalue weighted by Gasteiger charge is -2.11. The van der Waals surface area contributed by atoms with E-state index in [1.54, 1.807) is 16.7 Å². The van der Waals surface area contributed by atoms with Crippen molar-refractivity contribution in [2.24, 2.45) is 0 Å². The van der Waals surface area contributed by atoms with Crippen molar-refractivity contribution in [2.75, 3.05) is 18.1 Å². The Labute approximate surface area is 122 Å². The van der Waals surface area contributed by atoms with Gasteiger partial charge in [-0.1, -0.05) is 0 Å². The summed E-state index contributed by atoms with van der Waals surface area (Å²) in [5.74, 6) is -0.706. The van der Waals surface area contributed by atoms with Gasteiger partial charge in [-0.15, -0.1) is 0 Å². The zero-order valence-electron chi connectivity index (χ0n) is 11.9. The Morgan fingerprint density at radius 1 is 1.38 bits per heavy atom. The molecule has 2 aromatic rings. The van der Waals surface area contributed by atoms with Gasteiger partial charge in [-0.05, 0) is 25.1 Å². The number of aryl methyl sites for hydroxylation is 1. The van der Waals surface area contributed by atoms with Gasteiger partial charge in [0.25, 0.3) is 0 Å². The summed E-state index contributed by atoms with van der Waals surface area (Å²) in [4.78, 5) is 11.3. The van der Waals surface area contributed by atoms with Crippen molar-refractivity contribution in [3.8, 4) is 5.75 Å². The number of aromatic carboxylic acids is 1. The lowest BCUT2D eigenvalue weighted by Crippen LogP contribution is -2.11. The summed E-state index contributed by atoms with van der Waals surface area (Å²) in [6.45, 7) is 2.27. The minimum absolute atomic E-state index is 0.144. The van der Waals surface area contributed by atoms with Crippen LogP contribution in [0.25, 0.3) is 10.9 Å². The number of sulfonamides is 1. The molecule has 0 fully saturated rings. The molecular formula is C13H16N2O5S. The van der Waals surface area contributed by atoms with Crippen molar-refractivity contribution in [1.29, 1.82) is 0 Å². The molecule has 0 unspecified atom stereocenters. The third-order valence-electron chi connectivity index (χ3n) is 3.05. The van der Waals surface area contributed by atoms with Crippen LogP contribution in [0.5, 0.6) is 5.75 Å². The molecule has 0 aliphatic heterocycles. The number of benzene rings is 1. The van der Waals surface area contributed by atoms with Crippen molar-refractivity contribution in [3.05, 3.63) is 23.9 Å². The predicted octanol–water partition coefficient (Wildman–Crippen LogP) is 1.74. The minimum atomic E-state index is -3.46. The molecule has 0 saturated carbocycles. The van der Waals surface area contributed by atoms with Gasteiger partial charge < -0.3 is 14.4 Å². The average molecular weight is 312 g/mol. The van der Waals surface area contributed by atoms with Crippen LogP contribution in [-0.2, 0) is 16.6 Å². The number of anilines is 1. The number of hydrogen-bond donors (Lipinski definition) is 2. The smallest absolute Gasteiger partial charge is 0.352 e. The molecule has 0 radical (unpaired) electrons. The fourth-order valence-corrected chi connectivity index (χ4v) is 2.81. The number of methoxy groups -OCH3 is 1. The van der Waals surface area contributed by atoms with E-state index in [9.17, 15) is 18.3 Å². The Balaban J connectivity index is 2.74. The topological polar surface area (TPSA) is 97.6 Å². The number of aromatic nitrogens is 1. The Bertz CT molecular complexity index is 808. The third kappa shape index (κ3) is 2.94. The number of nitrogens with one attached hydrogen (secondary N) is 1. The number of ether oxygens (including phenoxy) is 1. The van der Waals surface area contributed by atoms with Gasteiger partial charge in [-0.2, -0.15) is 0 Å². The maximum Gasteiger partial charge on any atom is 0.352 e. The highest BCUT2D eigenvalue weighted by Gasteiger charge is 2.17. The Kier molecular flexibility index (Phi) is 3.82. The second-order valence-corrected chi connectivity index (χ2v) is 6.31. The van der Waals surface area contributed by atoms with Gasteiger partial charge in [-0.25, -0.2) is 13.2 Å². The molecule has 1 heterocycles. The number of carboxylic acids is 1. The van der Waals surface area contributed by atoms with Gasteiger partial charge in [0.15, 0.2) is 0 Å². The largest absolute Gasteiger partial charge is 0.495 e. The van der Waals surface area contributed by atoms with Crippen LogP contribution in [0.2, 0.25) is 0 Å². The van der Waals surface area contributed by atoms with E-state index in [0.29, 0.717) is 23.2 Å². The van der Waals surface area contributed by atoms with Gasteiger partial charge >= 0.3 is 5.97 Å². The van der Waals surface area contributed by atoms with Crippen LogP contribution in [-0.4, -0.2) is 37.4 Å². The fourth-order valence-electron chi connectivity index (χ4n) is 2.25. The van der Waals surface area contributed by atoms with Crippen molar-refractivity contribution in [1.82, 2.24) is 4.57 Å². The van der Waals surface area contributed by atoms with E-state index >= 15 is 0 Å². The molecule has 0 aliphatic rings. The summed E-state index contributed by atoms with van der Waals surface area (Å²) >= 11 is 0. The summed E-state index contributed by atoms with van der Waals surface area (Å²) in [5, 5.41) is 9.89. The predicted molar refractivity (Wildman–Crippen MR) is 79.6 cm³/mol. The lowest BCUT2D eigenvalue weighted by atomic mass is 10.2. The molecule has 0 aliphatic carbocycles. The Morgan fingerprint density at radius 2 is 2.05 bits per heavy atom. The van der Waals surface area contributed by atoms with Crippen molar-refractivity contribution < 1.29 is 23.1 Å². The normalized spacial score (nSPS) is 11.6. The Morgan fingerprint density at radius 3 is 2.52 bits per heavy atom. The van der Waals surface area contributed by atoms with E-state index in [1.165, 1.54) is 13.2 Å². The van der Waals surface area contributed by atoms with Gasteiger partial charge in [0, 0.05) is 11.9 Å². The summed E-state index contributed by atoms with van der Waals surface area (Å²) in [7, 11) is -2.04. The zero-order valence-corrected chi connectivity index (χ0v) is 12.7. The van der Waals surface area contributed by atoms with E-state index in [4.69, 9.17) is 4.74 Å². The van der Waals surface area contributed by atoms with Crippen LogP contribution in [0.1, 0.15) is 17.4 Å². The highest BCUT2D eigenvalue weighted by molar-refractivity contribution is 7.92. The molecule has 21 heavy (non-hydrogen) atoms. The van der Waals surface area contributed by atoms with Gasteiger partial charge in [0.05, 0.1) is 24.6 Å². The first-order valence-electron chi connectivity index (χ1n) is 6.19. The Hall–Kier alpha value is -2.22. The van der Waals surface area contributed by atoms with Gasteiger partial charge in [0.1, 0.15) is 11.4 Å². The lowest BCUT2D eigenvalue weighted by molar-refractivity contribution is 0.0686. The number of rotatable bonds is 5. The molecule has 7 nitrogen and oxygen atoms in total. The maximum absolute atomic E-state index is 11.4. The van der Waals surface area contributed by atoms with Crippen LogP contribution in [0.3, 0.4) is 0 Å². The summed E-state index contributed by atoms with van der Waals surface area (Å²) in [6, 6.07) is 4.72. The maximum atomic E-state index is 11.4. The summed E-state index contributed by atoms with van der Waals surface area (Å²) < 4.78 is 31.9. The molecule has 8 heteroatoms. The van der Waals surface area contributed by atoms with Crippen molar-refractivity contribution >= 4 is 32.6 Å². The molecule has 0 bridgehead atoms. The molecule has 2 rings (SSSR count). The summed E-state index contributed by atoms with van der Waals surface area (Å²) in [5.41, 5.74) is 1.05. The molecule has 0 atom stereocenters. The average Bonchev–Trinajstić information content (AvgIpc) is 2.73. The van der Waals surface area contributed by atoms with E-state index < -0.39 is 16.0 Å². The molecule has 114 valence electrons. The SMILES string of the molecule is CCn1c(C(=O)O)cc2cc(OC)c(NS(C)(=O)=O)cc21.